The molecule has 13 heavy (non-hydrogen) atoms. The van der Waals surface area contributed by atoms with Crippen molar-refractivity contribution in [2.45, 2.75) is 0 Å². The van der Waals surface area contributed by atoms with Crippen LogP contribution in [0.5, 0.6) is 0 Å². The summed E-state index contributed by atoms with van der Waals surface area (Å²) in [4.78, 5) is 17.9. The number of nitrogens with zero attached hydrogens (tertiary/aromatic N) is 3. The van der Waals surface area contributed by atoms with Crippen molar-refractivity contribution in [1.82, 2.24) is 19.7 Å². The van der Waals surface area contributed by atoms with Crippen LogP contribution in [-0.4, -0.2) is 19.7 Å². The van der Waals surface area contributed by atoms with Crippen LogP contribution in [0, 0.1) is 3.70 Å². The highest BCUT2D eigenvalue weighted by Gasteiger charge is 2.10. The average Bonchev–Trinajstić information content (AvgIpc) is 2.31. The minimum absolute atomic E-state index is 0.244. The SMILES string of the molecule is Cn1nc(I)c2nc(Br)c(=O)[nH]c21. The summed E-state index contributed by atoms with van der Waals surface area (Å²) < 4.78 is 2.65. The van der Waals surface area contributed by atoms with Crippen molar-refractivity contribution in [2.24, 2.45) is 7.05 Å². The molecule has 0 aliphatic rings. The highest BCUT2D eigenvalue weighted by atomic mass is 127. The van der Waals surface area contributed by atoms with Gasteiger partial charge in [-0.1, -0.05) is 0 Å². The van der Waals surface area contributed by atoms with Crippen LogP contribution in [0.15, 0.2) is 9.40 Å². The molecule has 0 aliphatic carbocycles. The van der Waals surface area contributed by atoms with E-state index in [4.69, 9.17) is 0 Å². The number of aromatic amines is 1. The number of halogens is 2. The predicted octanol–water partition coefficient (Wildman–Crippen LogP) is 1.02. The minimum Gasteiger partial charge on any atom is -0.303 e. The third-order valence-corrected chi connectivity index (χ3v) is 2.87. The zero-order valence-electron chi connectivity index (χ0n) is 6.51. The molecule has 0 bridgehead atoms. The first-order valence-electron chi connectivity index (χ1n) is 3.37. The minimum atomic E-state index is -0.244. The van der Waals surface area contributed by atoms with Crippen molar-refractivity contribution in [3.63, 3.8) is 0 Å². The van der Waals surface area contributed by atoms with Crippen molar-refractivity contribution in [3.8, 4) is 0 Å². The van der Waals surface area contributed by atoms with Crippen molar-refractivity contribution < 1.29 is 0 Å². The molecule has 0 atom stereocenters. The Morgan fingerprint density at radius 1 is 1.62 bits per heavy atom. The van der Waals surface area contributed by atoms with Gasteiger partial charge in [0.25, 0.3) is 5.56 Å². The van der Waals surface area contributed by atoms with Gasteiger partial charge < -0.3 is 4.98 Å². The maximum absolute atomic E-state index is 11.2. The summed E-state index contributed by atoms with van der Waals surface area (Å²) in [5.41, 5.74) is 1.10. The van der Waals surface area contributed by atoms with E-state index in [-0.39, 0.29) is 10.2 Å². The quantitative estimate of drug-likeness (QED) is 0.718. The second-order valence-corrected chi connectivity index (χ2v) is 4.24. The van der Waals surface area contributed by atoms with Crippen molar-refractivity contribution in [3.05, 3.63) is 18.7 Å². The first-order valence-corrected chi connectivity index (χ1v) is 5.25. The Labute approximate surface area is 94.8 Å². The van der Waals surface area contributed by atoms with Crippen LogP contribution in [0.3, 0.4) is 0 Å². The summed E-state index contributed by atoms with van der Waals surface area (Å²) in [7, 11) is 1.76. The second kappa shape index (κ2) is 3.05. The summed E-state index contributed by atoms with van der Waals surface area (Å²) in [5.74, 6) is 0. The van der Waals surface area contributed by atoms with Gasteiger partial charge in [0.05, 0.1) is 0 Å². The Morgan fingerprint density at radius 3 is 3.00 bits per heavy atom. The third-order valence-electron chi connectivity index (χ3n) is 1.61. The standard InChI is InChI=1S/C6H4BrIN4O/c1-12-5-2(4(8)11-12)9-3(7)6(13)10-5/h1H3,(H,10,13). The van der Waals surface area contributed by atoms with Crippen LogP contribution < -0.4 is 5.56 Å². The fraction of sp³-hybridized carbons (Fsp3) is 0.167. The molecule has 2 aromatic heterocycles. The van der Waals surface area contributed by atoms with Crippen LogP contribution in [-0.2, 0) is 7.05 Å². The Morgan fingerprint density at radius 2 is 2.31 bits per heavy atom. The second-order valence-electron chi connectivity index (χ2n) is 2.47. The van der Waals surface area contributed by atoms with Crippen LogP contribution in [0.2, 0.25) is 0 Å². The molecule has 7 heteroatoms. The fourth-order valence-corrected chi connectivity index (χ4v) is 2.00. The summed E-state index contributed by atoms with van der Waals surface area (Å²) in [6.45, 7) is 0. The zero-order chi connectivity index (χ0) is 9.59. The lowest BCUT2D eigenvalue weighted by Crippen LogP contribution is -2.09. The van der Waals surface area contributed by atoms with Gasteiger partial charge in [0.2, 0.25) is 0 Å². The molecule has 5 nitrogen and oxygen atoms in total. The van der Waals surface area contributed by atoms with E-state index in [1.165, 1.54) is 0 Å². The zero-order valence-corrected chi connectivity index (χ0v) is 10.2. The molecule has 2 rings (SSSR count). The molecule has 0 amide bonds. The molecule has 0 spiro atoms. The van der Waals surface area contributed by atoms with E-state index in [9.17, 15) is 4.79 Å². The number of nitrogens with one attached hydrogen (secondary N) is 1. The van der Waals surface area contributed by atoms with E-state index < -0.39 is 0 Å². The number of aryl methyl sites for hydroxylation is 1. The van der Waals surface area contributed by atoms with Gasteiger partial charge in [-0.3, -0.25) is 4.79 Å². The Kier molecular flexibility index (Phi) is 2.14. The van der Waals surface area contributed by atoms with Gasteiger partial charge in [0, 0.05) is 7.05 Å². The maximum Gasteiger partial charge on any atom is 0.282 e. The molecule has 0 radical (unpaired) electrons. The lowest BCUT2D eigenvalue weighted by molar-refractivity contribution is 0.776. The molecule has 68 valence electrons. The Balaban J connectivity index is 3.00. The van der Waals surface area contributed by atoms with Gasteiger partial charge in [0.1, 0.15) is 5.52 Å². The predicted molar refractivity (Wildman–Crippen MR) is 59.5 cm³/mol. The number of H-pyrrole nitrogens is 1. The lowest BCUT2D eigenvalue weighted by atomic mass is 10.5. The molecule has 0 aliphatic heterocycles. The molecule has 0 fully saturated rings. The van der Waals surface area contributed by atoms with Gasteiger partial charge in [0.15, 0.2) is 14.0 Å². The van der Waals surface area contributed by atoms with E-state index in [0.29, 0.717) is 11.2 Å². The summed E-state index contributed by atoms with van der Waals surface area (Å²) in [6.07, 6.45) is 0. The van der Waals surface area contributed by atoms with Crippen molar-refractivity contribution in [2.75, 3.05) is 0 Å². The maximum atomic E-state index is 11.2. The Bertz CT molecular complexity index is 531. The van der Waals surface area contributed by atoms with E-state index in [2.05, 4.69) is 53.6 Å². The van der Waals surface area contributed by atoms with E-state index in [1.807, 2.05) is 0 Å². The summed E-state index contributed by atoms with van der Waals surface area (Å²) >= 11 is 5.13. The van der Waals surface area contributed by atoms with Crippen molar-refractivity contribution >= 4 is 49.7 Å². The van der Waals surface area contributed by atoms with Crippen molar-refractivity contribution in [1.29, 1.82) is 0 Å². The van der Waals surface area contributed by atoms with E-state index in [0.717, 1.165) is 3.70 Å². The molecule has 2 heterocycles. The van der Waals surface area contributed by atoms with Crippen LogP contribution >= 0.6 is 38.5 Å². The molecule has 0 saturated carbocycles. The van der Waals surface area contributed by atoms with E-state index in [1.54, 1.807) is 11.7 Å². The summed E-state index contributed by atoms with van der Waals surface area (Å²) in [5, 5.41) is 4.12. The molecule has 0 unspecified atom stereocenters. The van der Waals surface area contributed by atoms with Gasteiger partial charge in [-0.2, -0.15) is 5.10 Å². The van der Waals surface area contributed by atoms with Gasteiger partial charge in [-0.15, -0.1) is 0 Å². The number of hydrogen-bond donors (Lipinski definition) is 1. The molecule has 0 saturated heterocycles. The monoisotopic (exact) mass is 354 g/mol. The molecule has 0 aromatic carbocycles. The summed E-state index contributed by atoms with van der Waals surface area (Å²) in [6, 6.07) is 0. The van der Waals surface area contributed by atoms with E-state index >= 15 is 0 Å². The number of fused-ring (bicyclic) bond motifs is 1. The average molecular weight is 355 g/mol. The first kappa shape index (κ1) is 9.13. The molecule has 2 aromatic rings. The third kappa shape index (κ3) is 1.39. The van der Waals surface area contributed by atoms with Crippen LogP contribution in [0.4, 0.5) is 0 Å². The largest absolute Gasteiger partial charge is 0.303 e. The number of aromatic nitrogens is 4. The number of hydrogen-bond acceptors (Lipinski definition) is 3. The normalized spacial score (nSPS) is 11.0. The Hall–Kier alpha value is -0.440. The molecule has 1 N–H and O–H groups in total. The molecular formula is C6H4BrIN4O. The fourth-order valence-electron chi connectivity index (χ4n) is 1.03. The highest BCUT2D eigenvalue weighted by molar-refractivity contribution is 14.1. The van der Waals surface area contributed by atoms with Gasteiger partial charge >= 0.3 is 0 Å². The highest BCUT2D eigenvalue weighted by Crippen LogP contribution is 2.15. The topological polar surface area (TPSA) is 63.6 Å². The van der Waals surface area contributed by atoms with Gasteiger partial charge in [-0.25, -0.2) is 9.67 Å². The van der Waals surface area contributed by atoms with Crippen LogP contribution in [0.25, 0.3) is 11.2 Å². The van der Waals surface area contributed by atoms with Gasteiger partial charge in [-0.05, 0) is 38.5 Å². The smallest absolute Gasteiger partial charge is 0.282 e. The number of rotatable bonds is 0. The molecular weight excluding hydrogens is 351 g/mol. The lowest BCUT2D eigenvalue weighted by Gasteiger charge is -1.92. The first-order chi connectivity index (χ1) is 6.09. The van der Waals surface area contributed by atoms with Crippen LogP contribution in [0.1, 0.15) is 0 Å².